The predicted octanol–water partition coefficient (Wildman–Crippen LogP) is 5.55. The number of hydrogen-bond acceptors (Lipinski definition) is 5. The molecule has 1 heterocycles. The maximum atomic E-state index is 14.2. The largest absolute Gasteiger partial charge is 0.497 e. The number of benzene rings is 2. The maximum Gasteiger partial charge on any atom is 0.410 e. The van der Waals surface area contributed by atoms with Crippen LogP contribution in [0.3, 0.4) is 0 Å². The zero-order chi connectivity index (χ0) is 28.0. The zero-order valence-corrected chi connectivity index (χ0v) is 23.6. The Kier molecular flexibility index (Phi) is 6.85. The van der Waals surface area contributed by atoms with Gasteiger partial charge in [-0.1, -0.05) is 48.9 Å². The lowest BCUT2D eigenvalue weighted by Gasteiger charge is -2.59. The van der Waals surface area contributed by atoms with Crippen LogP contribution in [0, 0.1) is 5.92 Å². The first-order valence-corrected chi connectivity index (χ1v) is 13.8. The summed E-state index contributed by atoms with van der Waals surface area (Å²) in [7, 11) is 3.34. The second-order valence-electron chi connectivity index (χ2n) is 12.3. The van der Waals surface area contributed by atoms with Crippen molar-refractivity contribution in [3.05, 3.63) is 65.7 Å². The van der Waals surface area contributed by atoms with Crippen molar-refractivity contribution < 1.29 is 23.9 Å². The summed E-state index contributed by atoms with van der Waals surface area (Å²) >= 11 is 0. The first kappa shape index (κ1) is 27.0. The summed E-state index contributed by atoms with van der Waals surface area (Å²) < 4.78 is 11.0. The summed E-state index contributed by atoms with van der Waals surface area (Å²) in [5.41, 5.74) is -0.632. The first-order chi connectivity index (χ1) is 18.5. The third-order valence-corrected chi connectivity index (χ3v) is 8.58. The second kappa shape index (κ2) is 9.88. The van der Waals surface area contributed by atoms with Crippen LogP contribution in [0.15, 0.2) is 54.6 Å². The van der Waals surface area contributed by atoms with Gasteiger partial charge in [-0.3, -0.25) is 9.69 Å². The van der Waals surface area contributed by atoms with E-state index >= 15 is 0 Å². The van der Waals surface area contributed by atoms with Crippen molar-refractivity contribution in [2.24, 2.45) is 5.92 Å². The maximum absolute atomic E-state index is 14.2. The van der Waals surface area contributed by atoms with Crippen LogP contribution in [-0.2, 0) is 21.6 Å². The number of amides is 4. The molecule has 0 radical (unpaired) electrons. The third-order valence-electron chi connectivity index (χ3n) is 8.58. The summed E-state index contributed by atoms with van der Waals surface area (Å²) in [5.74, 6) is 0.930. The molecule has 208 valence electrons. The van der Waals surface area contributed by atoms with Crippen LogP contribution in [0.4, 0.5) is 9.59 Å². The lowest BCUT2D eigenvalue weighted by atomic mass is 9.58. The number of imide groups is 1. The summed E-state index contributed by atoms with van der Waals surface area (Å²) in [5, 5.41) is 0. The van der Waals surface area contributed by atoms with E-state index in [9.17, 15) is 14.4 Å². The number of hydrogen-bond donors (Lipinski definition) is 0. The molecule has 2 aromatic rings. The Morgan fingerprint density at radius 1 is 1.03 bits per heavy atom. The minimum Gasteiger partial charge on any atom is -0.497 e. The van der Waals surface area contributed by atoms with Gasteiger partial charge in [0.1, 0.15) is 16.9 Å². The average Bonchev–Trinajstić information content (AvgIpc) is 3.05. The number of carbonyl (C=O) groups excluding carboxylic acids is 3. The van der Waals surface area contributed by atoms with E-state index in [1.165, 1.54) is 4.90 Å². The van der Waals surface area contributed by atoms with E-state index < -0.39 is 22.8 Å². The van der Waals surface area contributed by atoms with Gasteiger partial charge < -0.3 is 19.3 Å². The summed E-state index contributed by atoms with van der Waals surface area (Å²) in [6.45, 7) is 6.28. The van der Waals surface area contributed by atoms with Gasteiger partial charge in [-0.15, -0.1) is 0 Å². The number of ether oxygens (including phenoxy) is 2. The molecule has 4 amide bonds. The van der Waals surface area contributed by atoms with Gasteiger partial charge in [0.15, 0.2) is 0 Å². The van der Waals surface area contributed by atoms with Crippen molar-refractivity contribution >= 4 is 18.0 Å². The molecule has 2 aliphatic carbocycles. The predicted molar refractivity (Wildman–Crippen MR) is 147 cm³/mol. The molecule has 0 atom stereocenters. The minimum absolute atomic E-state index is 0.188. The molecule has 3 aliphatic rings. The highest BCUT2D eigenvalue weighted by atomic mass is 16.6. The molecule has 5 rings (SSSR count). The SMILES string of the molecule is COc1ccc(CN2C(=O)N(CC3CCC3)C3(CC(c4ccccc4)(N(C)C(=O)OC(C)(C)C)C3)C2=O)cc1. The van der Waals surface area contributed by atoms with Gasteiger partial charge >= 0.3 is 12.1 Å². The quantitative estimate of drug-likeness (QED) is 0.436. The lowest BCUT2D eigenvalue weighted by molar-refractivity contribution is -0.151. The van der Waals surface area contributed by atoms with Gasteiger partial charge in [0.25, 0.3) is 5.91 Å². The zero-order valence-electron chi connectivity index (χ0n) is 23.6. The molecule has 1 aliphatic heterocycles. The Labute approximate surface area is 230 Å². The molecule has 39 heavy (non-hydrogen) atoms. The molecule has 1 spiro atoms. The highest BCUT2D eigenvalue weighted by Gasteiger charge is 2.71. The van der Waals surface area contributed by atoms with Crippen molar-refractivity contribution in [1.29, 1.82) is 0 Å². The molecule has 8 heteroatoms. The Balaban J connectivity index is 1.48. The van der Waals surface area contributed by atoms with Crippen LogP contribution in [0.25, 0.3) is 0 Å². The van der Waals surface area contributed by atoms with Crippen molar-refractivity contribution in [3.8, 4) is 5.75 Å². The molecule has 8 nitrogen and oxygen atoms in total. The fourth-order valence-electron chi connectivity index (χ4n) is 6.17. The molecule has 0 unspecified atom stereocenters. The van der Waals surface area contributed by atoms with Crippen LogP contribution in [-0.4, -0.2) is 64.6 Å². The Morgan fingerprint density at radius 3 is 2.21 bits per heavy atom. The van der Waals surface area contributed by atoms with Crippen LogP contribution < -0.4 is 4.74 Å². The molecular formula is C31H39N3O5. The van der Waals surface area contributed by atoms with Crippen molar-refractivity contribution in [1.82, 2.24) is 14.7 Å². The van der Waals surface area contributed by atoms with E-state index in [4.69, 9.17) is 9.47 Å². The Hall–Kier alpha value is -3.55. The van der Waals surface area contributed by atoms with Crippen molar-refractivity contribution in [3.63, 3.8) is 0 Å². The highest BCUT2D eigenvalue weighted by Crippen LogP contribution is 2.58. The Bertz CT molecular complexity index is 1230. The topological polar surface area (TPSA) is 79.4 Å². The summed E-state index contributed by atoms with van der Waals surface area (Å²) in [6, 6.07) is 17.0. The normalized spacial score (nSPS) is 24.9. The fourth-order valence-corrected chi connectivity index (χ4v) is 6.17. The van der Waals surface area contributed by atoms with Gasteiger partial charge in [0.2, 0.25) is 0 Å². The molecule has 0 N–H and O–H groups in total. The minimum atomic E-state index is -0.995. The van der Waals surface area contributed by atoms with Gasteiger partial charge in [0.05, 0.1) is 19.2 Å². The van der Waals surface area contributed by atoms with Gasteiger partial charge in [-0.05, 0) is 62.8 Å². The number of methoxy groups -OCH3 is 1. The van der Waals surface area contributed by atoms with Crippen molar-refractivity contribution in [2.45, 2.75) is 76.1 Å². The Morgan fingerprint density at radius 2 is 1.67 bits per heavy atom. The lowest BCUT2D eigenvalue weighted by Crippen LogP contribution is -2.71. The monoisotopic (exact) mass is 533 g/mol. The van der Waals surface area contributed by atoms with E-state index in [2.05, 4.69) is 0 Å². The highest BCUT2D eigenvalue weighted by molar-refractivity contribution is 6.08. The van der Waals surface area contributed by atoms with Gasteiger partial charge in [0, 0.05) is 26.4 Å². The van der Waals surface area contributed by atoms with Crippen LogP contribution >= 0.6 is 0 Å². The average molecular weight is 534 g/mol. The molecule has 0 aromatic heterocycles. The number of urea groups is 1. The van der Waals surface area contributed by atoms with E-state index in [0.29, 0.717) is 25.3 Å². The summed E-state index contributed by atoms with van der Waals surface area (Å²) in [4.78, 5) is 46.2. The molecule has 1 saturated heterocycles. The van der Waals surface area contributed by atoms with Crippen LogP contribution in [0.5, 0.6) is 5.75 Å². The van der Waals surface area contributed by atoms with E-state index in [1.807, 2.05) is 80.3 Å². The number of carbonyl (C=O) groups is 3. The van der Waals surface area contributed by atoms with Gasteiger partial charge in [-0.2, -0.15) is 0 Å². The van der Waals surface area contributed by atoms with Crippen molar-refractivity contribution in [2.75, 3.05) is 20.7 Å². The smallest absolute Gasteiger partial charge is 0.410 e. The molecule has 0 bridgehead atoms. The van der Waals surface area contributed by atoms with Crippen LogP contribution in [0.1, 0.15) is 64.0 Å². The number of rotatable bonds is 7. The molecule has 2 aromatic carbocycles. The standard InChI is InChI=1S/C31H39N3O5/c1-29(2,3)39-28(37)32(4)30(24-12-7-6-8-13-24)20-31(21-30)26(35)33(18-23-14-16-25(38-5)17-15-23)27(36)34(31)19-22-10-9-11-22/h6-8,12-17,22H,9-11,18-21H2,1-5H3. The molecule has 2 saturated carbocycles. The van der Waals surface area contributed by atoms with Gasteiger partial charge in [-0.25, -0.2) is 9.59 Å². The van der Waals surface area contributed by atoms with E-state index in [1.54, 1.807) is 19.1 Å². The van der Waals surface area contributed by atoms with Crippen LogP contribution in [0.2, 0.25) is 0 Å². The summed E-state index contributed by atoms with van der Waals surface area (Å²) in [6.07, 6.45) is 3.49. The fraction of sp³-hybridized carbons (Fsp3) is 0.516. The first-order valence-electron chi connectivity index (χ1n) is 13.8. The molecule has 3 fully saturated rings. The van der Waals surface area contributed by atoms with E-state index in [-0.39, 0.29) is 18.5 Å². The van der Waals surface area contributed by atoms with E-state index in [0.717, 1.165) is 36.1 Å². The second-order valence-corrected chi connectivity index (χ2v) is 12.3. The third kappa shape index (κ3) is 4.74. The molecular weight excluding hydrogens is 494 g/mol. The number of nitrogens with zero attached hydrogens (tertiary/aromatic N) is 3.